The highest BCUT2D eigenvalue weighted by atomic mass is 16.4. The SMILES string of the molecule is CCCn1c(=O)c(=O)n(Cc2ccc(C(=O)O)cc2)c2ncccc21. The van der Waals surface area contributed by atoms with Crippen LogP contribution in [0.3, 0.4) is 0 Å². The third-order valence-electron chi connectivity index (χ3n) is 3.97. The molecule has 3 rings (SSSR count). The number of carbonyl (C=O) groups is 1. The van der Waals surface area contributed by atoms with Gasteiger partial charge in [0.15, 0.2) is 5.65 Å². The standard InChI is InChI=1S/C18H17N3O4/c1-2-10-20-14-4-3-9-19-15(14)21(17(23)16(20)22)11-12-5-7-13(8-6-12)18(24)25/h3-9H,2,10-11H2,1H3,(H,24,25). The maximum absolute atomic E-state index is 12.6. The highest BCUT2D eigenvalue weighted by Crippen LogP contribution is 2.11. The van der Waals surface area contributed by atoms with Crippen LogP contribution in [0.15, 0.2) is 52.2 Å². The zero-order valence-corrected chi connectivity index (χ0v) is 13.7. The highest BCUT2D eigenvalue weighted by molar-refractivity contribution is 5.87. The summed E-state index contributed by atoms with van der Waals surface area (Å²) in [5.41, 5.74) is 0.703. The van der Waals surface area contributed by atoms with Gasteiger partial charge < -0.3 is 9.67 Å². The number of carboxylic acid groups (broad SMARTS) is 1. The molecule has 0 bridgehead atoms. The molecule has 2 heterocycles. The van der Waals surface area contributed by atoms with E-state index >= 15 is 0 Å². The van der Waals surface area contributed by atoms with Crippen molar-refractivity contribution in [3.63, 3.8) is 0 Å². The predicted octanol–water partition coefficient (Wildman–Crippen LogP) is 1.71. The van der Waals surface area contributed by atoms with Crippen LogP contribution >= 0.6 is 0 Å². The normalized spacial score (nSPS) is 10.9. The van der Waals surface area contributed by atoms with Crippen LogP contribution < -0.4 is 11.1 Å². The Balaban J connectivity index is 2.15. The number of hydrogen-bond donors (Lipinski definition) is 1. The lowest BCUT2D eigenvalue weighted by Gasteiger charge is -2.13. The minimum atomic E-state index is -1.02. The van der Waals surface area contributed by atoms with E-state index in [9.17, 15) is 14.4 Å². The summed E-state index contributed by atoms with van der Waals surface area (Å²) in [6, 6.07) is 9.69. The van der Waals surface area contributed by atoms with Gasteiger partial charge in [-0.15, -0.1) is 0 Å². The zero-order valence-electron chi connectivity index (χ0n) is 13.7. The minimum Gasteiger partial charge on any atom is -0.478 e. The van der Waals surface area contributed by atoms with Crippen molar-refractivity contribution in [2.24, 2.45) is 0 Å². The van der Waals surface area contributed by atoms with Gasteiger partial charge in [0.05, 0.1) is 17.6 Å². The van der Waals surface area contributed by atoms with E-state index in [0.717, 1.165) is 6.42 Å². The molecular weight excluding hydrogens is 322 g/mol. The molecule has 0 aliphatic carbocycles. The number of pyridine rings is 1. The fraction of sp³-hybridized carbons (Fsp3) is 0.222. The fourth-order valence-corrected chi connectivity index (χ4v) is 2.77. The van der Waals surface area contributed by atoms with Crippen molar-refractivity contribution in [3.8, 4) is 0 Å². The maximum Gasteiger partial charge on any atom is 0.335 e. The number of nitrogens with zero attached hydrogens (tertiary/aromatic N) is 3. The van der Waals surface area contributed by atoms with Crippen molar-refractivity contribution < 1.29 is 9.90 Å². The third-order valence-corrected chi connectivity index (χ3v) is 3.97. The number of carboxylic acids is 1. The molecule has 0 amide bonds. The molecule has 0 atom stereocenters. The van der Waals surface area contributed by atoms with E-state index in [2.05, 4.69) is 4.98 Å². The molecule has 0 aliphatic heterocycles. The van der Waals surface area contributed by atoms with Crippen molar-refractivity contribution in [2.45, 2.75) is 26.4 Å². The lowest BCUT2D eigenvalue weighted by Crippen LogP contribution is -2.42. The minimum absolute atomic E-state index is 0.147. The first-order valence-electron chi connectivity index (χ1n) is 7.93. The molecule has 3 aromatic rings. The quantitative estimate of drug-likeness (QED) is 0.714. The Morgan fingerprint density at radius 3 is 2.40 bits per heavy atom. The Bertz CT molecular complexity index is 1050. The predicted molar refractivity (Wildman–Crippen MR) is 93.1 cm³/mol. The van der Waals surface area contributed by atoms with E-state index in [1.165, 1.54) is 21.3 Å². The first-order valence-corrected chi connectivity index (χ1v) is 7.93. The van der Waals surface area contributed by atoms with Crippen LogP contribution in [-0.4, -0.2) is 25.2 Å². The molecule has 7 nitrogen and oxygen atoms in total. The van der Waals surface area contributed by atoms with E-state index in [1.54, 1.807) is 30.5 Å². The molecule has 0 spiro atoms. The smallest absolute Gasteiger partial charge is 0.335 e. The van der Waals surface area contributed by atoms with Gasteiger partial charge in [0.1, 0.15) is 0 Å². The molecule has 0 radical (unpaired) electrons. The molecule has 128 valence electrons. The number of aromatic carboxylic acids is 1. The summed E-state index contributed by atoms with van der Waals surface area (Å²) in [6.07, 6.45) is 2.30. The highest BCUT2D eigenvalue weighted by Gasteiger charge is 2.14. The van der Waals surface area contributed by atoms with E-state index in [-0.39, 0.29) is 12.1 Å². The summed E-state index contributed by atoms with van der Waals surface area (Å²) in [6.45, 7) is 2.53. The zero-order chi connectivity index (χ0) is 18.0. The van der Waals surface area contributed by atoms with Gasteiger partial charge in [-0.2, -0.15) is 0 Å². The van der Waals surface area contributed by atoms with Gasteiger partial charge in [-0.25, -0.2) is 9.78 Å². The summed E-state index contributed by atoms with van der Waals surface area (Å²) in [7, 11) is 0. The van der Waals surface area contributed by atoms with Crippen LogP contribution in [0.2, 0.25) is 0 Å². The lowest BCUT2D eigenvalue weighted by atomic mass is 10.1. The number of aryl methyl sites for hydroxylation is 1. The van der Waals surface area contributed by atoms with Crippen molar-refractivity contribution >= 4 is 17.1 Å². The second-order valence-electron chi connectivity index (χ2n) is 5.70. The fourth-order valence-electron chi connectivity index (χ4n) is 2.77. The number of rotatable bonds is 5. The molecule has 0 unspecified atom stereocenters. The second-order valence-corrected chi connectivity index (χ2v) is 5.70. The largest absolute Gasteiger partial charge is 0.478 e. The van der Waals surface area contributed by atoms with Crippen LogP contribution in [0.25, 0.3) is 11.2 Å². The Hall–Kier alpha value is -3.22. The Kier molecular flexibility index (Phi) is 4.47. The van der Waals surface area contributed by atoms with E-state index in [1.807, 2.05) is 6.92 Å². The van der Waals surface area contributed by atoms with Gasteiger partial charge >= 0.3 is 17.1 Å². The maximum atomic E-state index is 12.6. The summed E-state index contributed by atoms with van der Waals surface area (Å²) >= 11 is 0. The van der Waals surface area contributed by atoms with Crippen molar-refractivity contribution in [1.82, 2.24) is 14.1 Å². The number of fused-ring (bicyclic) bond motifs is 1. The van der Waals surface area contributed by atoms with Crippen LogP contribution in [-0.2, 0) is 13.1 Å². The summed E-state index contributed by atoms with van der Waals surface area (Å²) in [5.74, 6) is -1.02. The first kappa shape index (κ1) is 16.6. The van der Waals surface area contributed by atoms with Gasteiger partial charge in [-0.1, -0.05) is 19.1 Å². The third kappa shape index (κ3) is 3.08. The number of aromatic nitrogens is 3. The number of hydrogen-bond acceptors (Lipinski definition) is 4. The van der Waals surface area contributed by atoms with E-state index in [0.29, 0.717) is 23.3 Å². The lowest BCUT2D eigenvalue weighted by molar-refractivity contribution is 0.0697. The molecule has 0 fully saturated rings. The summed E-state index contributed by atoms with van der Waals surface area (Å²) < 4.78 is 2.79. The average Bonchev–Trinajstić information content (AvgIpc) is 2.62. The topological polar surface area (TPSA) is 94.2 Å². The summed E-state index contributed by atoms with van der Waals surface area (Å²) in [5, 5.41) is 8.96. The Morgan fingerprint density at radius 2 is 1.76 bits per heavy atom. The van der Waals surface area contributed by atoms with Crippen molar-refractivity contribution in [2.75, 3.05) is 0 Å². The van der Waals surface area contributed by atoms with E-state index < -0.39 is 17.1 Å². The summed E-state index contributed by atoms with van der Waals surface area (Å²) in [4.78, 5) is 40.2. The van der Waals surface area contributed by atoms with Gasteiger partial charge in [0, 0.05) is 12.7 Å². The van der Waals surface area contributed by atoms with E-state index in [4.69, 9.17) is 5.11 Å². The van der Waals surface area contributed by atoms with Crippen molar-refractivity contribution in [1.29, 1.82) is 0 Å². The number of benzene rings is 1. The molecule has 0 saturated heterocycles. The molecule has 0 aliphatic rings. The monoisotopic (exact) mass is 339 g/mol. The van der Waals surface area contributed by atoms with Crippen molar-refractivity contribution in [3.05, 3.63) is 74.4 Å². The van der Waals surface area contributed by atoms with Crippen LogP contribution in [0.4, 0.5) is 0 Å². The van der Waals surface area contributed by atoms with Crippen LogP contribution in [0.5, 0.6) is 0 Å². The molecule has 1 aromatic carbocycles. The van der Waals surface area contributed by atoms with Gasteiger partial charge in [-0.05, 0) is 36.2 Å². The first-order chi connectivity index (χ1) is 12.0. The molecular formula is C18H17N3O4. The van der Waals surface area contributed by atoms with Gasteiger partial charge in [0.25, 0.3) is 0 Å². The van der Waals surface area contributed by atoms with Crippen LogP contribution in [0.1, 0.15) is 29.3 Å². The molecule has 7 heteroatoms. The Labute approximate surface area is 142 Å². The van der Waals surface area contributed by atoms with Gasteiger partial charge in [-0.3, -0.25) is 14.2 Å². The molecule has 0 saturated carbocycles. The molecule has 2 aromatic heterocycles. The second kappa shape index (κ2) is 6.72. The van der Waals surface area contributed by atoms with Crippen LogP contribution in [0, 0.1) is 0 Å². The molecule has 25 heavy (non-hydrogen) atoms. The average molecular weight is 339 g/mol. The van der Waals surface area contributed by atoms with Gasteiger partial charge in [0.2, 0.25) is 0 Å². The Morgan fingerprint density at radius 1 is 1.08 bits per heavy atom. The molecule has 1 N–H and O–H groups in total.